The highest BCUT2D eigenvalue weighted by Gasteiger charge is 2.51. The lowest BCUT2D eigenvalue weighted by Gasteiger charge is -2.38. The second kappa shape index (κ2) is 25.7. The number of amides is 1. The van der Waals surface area contributed by atoms with Gasteiger partial charge in [0.25, 0.3) is 11.7 Å². The summed E-state index contributed by atoms with van der Waals surface area (Å²) in [5.74, 6) is -7.51. The summed E-state index contributed by atoms with van der Waals surface area (Å²) in [5.41, 5.74) is -0.727. The number of carboxylic acid groups (broad SMARTS) is 1. The molecule has 23 heteroatoms. The monoisotopic (exact) mass is 1250 g/mol. The van der Waals surface area contributed by atoms with E-state index < -0.39 is 100 Å². The number of fused-ring (bicyclic) bond motifs is 3. The average Bonchev–Trinajstić information content (AvgIpc) is 1.52. The number of carbonyl (C=O) groups is 4. The minimum Gasteiger partial charge on any atom is -0.507 e. The first-order valence-electron chi connectivity index (χ1n) is 31.4. The van der Waals surface area contributed by atoms with Gasteiger partial charge in [0.15, 0.2) is 23.0 Å². The molecule has 11 atom stereocenters. The van der Waals surface area contributed by atoms with Crippen LogP contribution in [0.3, 0.4) is 0 Å². The van der Waals surface area contributed by atoms with Gasteiger partial charge in [-0.3, -0.25) is 29.2 Å². The smallest absolute Gasteiger partial charge is 0.341 e. The number of aromatic hydroxyl groups is 2. The third-order valence-electron chi connectivity index (χ3n) is 19.4. The molecule has 4 bridgehead atoms. The highest BCUT2D eigenvalue weighted by molar-refractivity contribution is 6.19. The fourth-order valence-electron chi connectivity index (χ4n) is 14.2. The standard InChI is InChI=1S/C46H62N4O11.C21H24FN3O4/c1-22(2)21-50-18-16-46(17-19-50)48-34-31-32-39(54)28(8)42-33(31)43(56)45(10,61-42)59-20-15-30(58-11)25(5)41(60-29(9)51)27(7)38(53)26(6)37(52)23(3)13-12-14-24(4)44(57)47-36(40(32)55)35(34)49-46;1-29-20-17-13(19(26)14(21(27)28)9-25(17)12-4-5-12)7-15(22)18(20)24-8-11-3-2-6-23-16(11)10-24/h12-15,20,22-23,25-27,30,37-38,41,52-55H,16-19,21H2,1-11H3,(H,47,57);7,9,11-12,16,23H,2-6,8,10H2,1H3,(H,27,28)/b13-12+,20-15+,24-14-;/t23-,25+,26+,27+,30-,37-,38+,41+,45-;11-,16+/m00/s1. The van der Waals surface area contributed by atoms with E-state index in [1.54, 1.807) is 70.4 Å². The molecule has 4 aromatic rings. The van der Waals surface area contributed by atoms with E-state index in [1.165, 1.54) is 46.6 Å². The number of ether oxygens (including phenoxy) is 5. The largest absolute Gasteiger partial charge is 0.507 e. The third-order valence-corrected chi connectivity index (χ3v) is 19.4. The average molecular weight is 1250 g/mol. The Morgan fingerprint density at radius 1 is 0.922 bits per heavy atom. The Labute approximate surface area is 522 Å². The van der Waals surface area contributed by atoms with Gasteiger partial charge in [0.2, 0.25) is 5.43 Å². The van der Waals surface area contributed by atoms with E-state index in [0.717, 1.165) is 45.3 Å². The molecule has 486 valence electrons. The summed E-state index contributed by atoms with van der Waals surface area (Å²) < 4.78 is 46.8. The van der Waals surface area contributed by atoms with Crippen LogP contribution in [-0.4, -0.2) is 154 Å². The Balaban J connectivity index is 0.000000254. The van der Waals surface area contributed by atoms with Crippen LogP contribution in [-0.2, 0) is 23.8 Å². The summed E-state index contributed by atoms with van der Waals surface area (Å²) in [7, 11) is 2.95. The number of halogens is 1. The van der Waals surface area contributed by atoms with E-state index in [2.05, 4.69) is 29.4 Å². The number of pyridine rings is 1. The number of hydrogen-bond acceptors (Lipinski definition) is 19. The van der Waals surface area contributed by atoms with Crippen LogP contribution in [0.15, 0.2) is 63.2 Å². The maximum atomic E-state index is 15.3. The molecule has 7 heterocycles. The van der Waals surface area contributed by atoms with Crippen LogP contribution in [0.5, 0.6) is 23.0 Å². The van der Waals surface area contributed by atoms with Crippen molar-refractivity contribution in [2.75, 3.05) is 63.7 Å². The van der Waals surface area contributed by atoms with Crippen molar-refractivity contribution in [3.63, 3.8) is 0 Å². The number of aliphatic hydroxyl groups excluding tert-OH is 2. The summed E-state index contributed by atoms with van der Waals surface area (Å²) in [6.45, 7) is 21.9. The van der Waals surface area contributed by atoms with Gasteiger partial charge in [0.1, 0.15) is 39.9 Å². The number of ketones is 1. The molecule has 90 heavy (non-hydrogen) atoms. The second-order valence-electron chi connectivity index (χ2n) is 26.3. The topological polar surface area (TPSA) is 293 Å². The highest BCUT2D eigenvalue weighted by atomic mass is 19.1. The van der Waals surface area contributed by atoms with Gasteiger partial charge in [0.05, 0.1) is 58.9 Å². The molecule has 4 fully saturated rings. The lowest BCUT2D eigenvalue weighted by molar-refractivity contribution is -0.160. The number of piperidine rings is 2. The molecular weight excluding hydrogens is 1160 g/mol. The van der Waals surface area contributed by atoms with Gasteiger partial charge in [-0.1, -0.05) is 59.8 Å². The van der Waals surface area contributed by atoms with E-state index >= 15 is 4.39 Å². The van der Waals surface area contributed by atoms with E-state index in [0.29, 0.717) is 67.3 Å². The number of aromatic carboxylic acids is 1. The van der Waals surface area contributed by atoms with Crippen LogP contribution in [0.4, 0.5) is 15.8 Å². The van der Waals surface area contributed by atoms with Gasteiger partial charge in [-0.25, -0.2) is 9.18 Å². The van der Waals surface area contributed by atoms with Crippen LogP contribution >= 0.6 is 0 Å². The second-order valence-corrected chi connectivity index (χ2v) is 26.3. The van der Waals surface area contributed by atoms with Crippen molar-refractivity contribution < 1.29 is 72.8 Å². The number of Topliss-reactive ketones (excluding diaryl/α,β-unsaturated/α-hetero) is 1. The molecule has 7 aliphatic rings. The number of anilines is 2. The van der Waals surface area contributed by atoms with E-state index in [1.807, 2.05) is 4.90 Å². The number of allylic oxidation sites excluding steroid dienone is 2. The number of methoxy groups -OCH3 is 2. The molecule has 3 aromatic carbocycles. The number of nitrogens with one attached hydrogen (secondary N) is 2. The molecule has 1 saturated carbocycles. The minimum atomic E-state index is -1.96. The Bertz CT molecular complexity index is 3800. The zero-order chi connectivity index (χ0) is 65.2. The van der Waals surface area contributed by atoms with E-state index in [4.69, 9.17) is 33.7 Å². The number of esters is 1. The van der Waals surface area contributed by atoms with Crippen molar-refractivity contribution in [1.29, 1.82) is 0 Å². The quantitative estimate of drug-likeness (QED) is 0.0682. The molecule has 0 radical (unpaired) electrons. The zero-order valence-corrected chi connectivity index (χ0v) is 53.4. The van der Waals surface area contributed by atoms with Crippen LogP contribution in [0.25, 0.3) is 21.7 Å². The lowest BCUT2D eigenvalue weighted by atomic mass is 9.78. The maximum absolute atomic E-state index is 15.3. The van der Waals surface area contributed by atoms with Gasteiger partial charge >= 0.3 is 17.7 Å². The molecule has 1 aromatic heterocycles. The van der Waals surface area contributed by atoms with Gasteiger partial charge in [-0.2, -0.15) is 0 Å². The number of carbonyl (C=O) groups excluding carboxylic acids is 3. The molecule has 1 spiro atoms. The number of aliphatic hydroxyl groups is 2. The molecule has 3 saturated heterocycles. The zero-order valence-electron chi connectivity index (χ0n) is 53.4. The number of carboxylic acids is 1. The van der Waals surface area contributed by atoms with Gasteiger partial charge in [-0.15, -0.1) is 0 Å². The van der Waals surface area contributed by atoms with Crippen molar-refractivity contribution in [1.82, 2.24) is 14.8 Å². The summed E-state index contributed by atoms with van der Waals surface area (Å²) in [6, 6.07) is 1.62. The fraction of sp³-hybridized carbons (Fsp3) is 0.567. The number of benzene rings is 3. The highest BCUT2D eigenvalue weighted by Crippen LogP contribution is 2.51. The van der Waals surface area contributed by atoms with Crippen LogP contribution in [0.1, 0.15) is 133 Å². The molecule has 6 aliphatic heterocycles. The molecular formula is C67H86FN7O15. The van der Waals surface area contributed by atoms with E-state index in [-0.39, 0.29) is 72.4 Å². The minimum absolute atomic E-state index is 0.0364. The number of rotatable bonds is 8. The SMILES string of the molecule is CO[C@H]1/C=C/O[C@@]2(C)Oc3c(C)c(O)c4c(O)c(c5c(c4c3C2=O)=NC2(CCN(CC(C)C)CC2)N=5)NC(=O)/C(C)=C\C=C\[C@H](C)[C@H](O)[C@@H](C)[C@@H](O)[C@@H](C)[C@H](OC(C)=O)[C@@H]1C.COc1c(N2C[C@@H]3CCCN[C@@H]3C2)c(F)cc2c(=O)c(C(=O)O)cn(C3CC3)c12. The number of likely N-dealkylation sites (tertiary alicyclic amines) is 1. The molecule has 1 aliphatic carbocycles. The summed E-state index contributed by atoms with van der Waals surface area (Å²) >= 11 is 0. The number of aromatic nitrogens is 1. The van der Waals surface area contributed by atoms with Crippen molar-refractivity contribution in [2.24, 2.45) is 45.5 Å². The first kappa shape index (κ1) is 65.5. The molecule has 7 N–H and O–H groups in total. The summed E-state index contributed by atoms with van der Waals surface area (Å²) in [4.78, 5) is 80.0. The first-order chi connectivity index (χ1) is 42.6. The van der Waals surface area contributed by atoms with Crippen molar-refractivity contribution in [3.8, 4) is 23.0 Å². The van der Waals surface area contributed by atoms with Gasteiger partial charge in [0, 0.05) is 125 Å². The summed E-state index contributed by atoms with van der Waals surface area (Å²) in [5, 5.41) is 63.2. The fourth-order valence-corrected chi connectivity index (χ4v) is 14.2. The molecule has 1 amide bonds. The number of phenolic OH excluding ortho intramolecular Hbond substituents is 2. The van der Waals surface area contributed by atoms with Crippen molar-refractivity contribution >= 4 is 56.7 Å². The predicted molar refractivity (Wildman–Crippen MR) is 334 cm³/mol. The number of nitrogens with zero attached hydrogens (tertiary/aromatic N) is 5. The van der Waals surface area contributed by atoms with Crippen molar-refractivity contribution in [2.45, 2.75) is 156 Å². The molecule has 0 unspecified atom stereocenters. The molecule has 22 nitrogen and oxygen atoms in total. The van der Waals surface area contributed by atoms with Gasteiger partial charge in [-0.05, 0) is 70.1 Å². The number of hydrogen-bond donors (Lipinski definition) is 7. The predicted octanol–water partition coefficient (Wildman–Crippen LogP) is 7.12. The summed E-state index contributed by atoms with van der Waals surface area (Å²) in [6.07, 6.45) is 10.4. The Hall–Kier alpha value is -7.44. The first-order valence-corrected chi connectivity index (χ1v) is 31.4. The number of phenols is 2. The Kier molecular flexibility index (Phi) is 18.7. The van der Waals surface area contributed by atoms with Crippen LogP contribution in [0, 0.1) is 48.2 Å². The maximum Gasteiger partial charge on any atom is 0.341 e. The third kappa shape index (κ3) is 12.2. The van der Waals surface area contributed by atoms with Crippen molar-refractivity contribution in [3.05, 3.63) is 91.8 Å². The normalized spacial score (nSPS) is 29.9. The molecule has 11 rings (SSSR count). The lowest BCUT2D eigenvalue weighted by Crippen LogP contribution is -2.46. The van der Waals surface area contributed by atoms with Crippen LogP contribution < -0.4 is 41.2 Å². The van der Waals surface area contributed by atoms with E-state index in [9.17, 15) is 49.5 Å². The Morgan fingerprint density at radius 3 is 2.26 bits per heavy atom. The Morgan fingerprint density at radius 2 is 1.62 bits per heavy atom. The van der Waals surface area contributed by atoms with Gasteiger partial charge < -0.3 is 74.2 Å². The van der Waals surface area contributed by atoms with Crippen LogP contribution in [0.2, 0.25) is 0 Å².